The van der Waals surface area contributed by atoms with E-state index in [4.69, 9.17) is 0 Å². The van der Waals surface area contributed by atoms with Gasteiger partial charge in [-0.1, -0.05) is 19.1 Å². The van der Waals surface area contributed by atoms with Crippen LogP contribution in [0.3, 0.4) is 0 Å². The van der Waals surface area contributed by atoms with E-state index < -0.39 is 11.6 Å². The lowest BCUT2D eigenvalue weighted by Crippen LogP contribution is -2.23. The molecule has 1 aromatic carbocycles. The van der Waals surface area contributed by atoms with E-state index in [-0.39, 0.29) is 10.5 Å². The summed E-state index contributed by atoms with van der Waals surface area (Å²) >= 11 is 4.75. The Balaban J connectivity index is 2.41. The minimum absolute atomic E-state index is 0.121. The first-order valence-corrected chi connectivity index (χ1v) is 7.72. The maximum atomic E-state index is 13.7. The smallest absolute Gasteiger partial charge is 0.173 e. The van der Waals surface area contributed by atoms with Crippen LogP contribution in [0, 0.1) is 11.6 Å². The Labute approximate surface area is 123 Å². The molecule has 0 bridgehead atoms. The molecule has 19 heavy (non-hydrogen) atoms. The molecule has 1 nitrogen and oxygen atoms in total. The summed E-state index contributed by atoms with van der Waals surface area (Å²) in [6.07, 6.45) is 0.975. The lowest BCUT2D eigenvalue weighted by atomic mass is 10.0. The number of thiophene rings is 1. The first kappa shape index (κ1) is 14.6. The van der Waals surface area contributed by atoms with Gasteiger partial charge in [0.15, 0.2) is 11.6 Å². The monoisotopic (exact) mass is 345 g/mol. The minimum atomic E-state index is -0.837. The molecular weight excluding hydrogens is 332 g/mol. The molecule has 0 aliphatic carbocycles. The van der Waals surface area contributed by atoms with E-state index in [1.54, 1.807) is 17.4 Å². The van der Waals surface area contributed by atoms with Crippen LogP contribution >= 0.6 is 27.3 Å². The molecule has 5 heteroatoms. The molecule has 2 rings (SSSR count). The number of rotatable bonds is 5. The van der Waals surface area contributed by atoms with Crippen molar-refractivity contribution in [1.29, 1.82) is 0 Å². The molecule has 0 amide bonds. The van der Waals surface area contributed by atoms with Crippen LogP contribution in [0.4, 0.5) is 8.78 Å². The lowest BCUT2D eigenvalue weighted by molar-refractivity contribution is 0.498. The lowest BCUT2D eigenvalue weighted by Gasteiger charge is -2.19. The summed E-state index contributed by atoms with van der Waals surface area (Å²) < 4.78 is 27.1. The largest absolute Gasteiger partial charge is 0.306 e. The minimum Gasteiger partial charge on any atom is -0.306 e. The van der Waals surface area contributed by atoms with E-state index in [0.717, 1.165) is 23.4 Å². The zero-order valence-electron chi connectivity index (χ0n) is 10.4. The van der Waals surface area contributed by atoms with E-state index in [2.05, 4.69) is 28.2 Å². The van der Waals surface area contributed by atoms with E-state index in [1.165, 1.54) is 6.07 Å². The molecule has 1 atom stereocenters. The predicted octanol–water partition coefficient (Wildman–Crippen LogP) is 4.88. The Morgan fingerprint density at radius 1 is 1.32 bits per heavy atom. The van der Waals surface area contributed by atoms with E-state index in [9.17, 15) is 8.78 Å². The first-order valence-electron chi connectivity index (χ1n) is 6.05. The molecule has 0 spiro atoms. The van der Waals surface area contributed by atoms with E-state index in [1.807, 2.05) is 17.5 Å². The molecular formula is C14H14BrF2NS. The molecule has 0 radical (unpaired) electrons. The summed E-state index contributed by atoms with van der Waals surface area (Å²) in [7, 11) is 0. The van der Waals surface area contributed by atoms with Gasteiger partial charge in [0.25, 0.3) is 0 Å². The molecule has 1 N–H and O–H groups in total. The van der Waals surface area contributed by atoms with Gasteiger partial charge in [-0.2, -0.15) is 0 Å². The summed E-state index contributed by atoms with van der Waals surface area (Å²) in [5.74, 6) is -1.67. The van der Waals surface area contributed by atoms with Crippen molar-refractivity contribution in [2.24, 2.45) is 0 Å². The van der Waals surface area contributed by atoms with Crippen molar-refractivity contribution in [1.82, 2.24) is 5.32 Å². The molecule has 0 aliphatic rings. The van der Waals surface area contributed by atoms with Gasteiger partial charge in [0.1, 0.15) is 0 Å². The van der Waals surface area contributed by atoms with Crippen LogP contribution in [0.2, 0.25) is 0 Å². The van der Waals surface area contributed by atoms with Gasteiger partial charge in [-0.05, 0) is 52.0 Å². The molecule has 102 valence electrons. The third kappa shape index (κ3) is 3.22. The number of benzene rings is 1. The molecule has 1 unspecified atom stereocenters. The third-order valence-electron chi connectivity index (χ3n) is 2.80. The molecule has 2 aromatic rings. The summed E-state index contributed by atoms with van der Waals surface area (Å²) in [4.78, 5) is 1.08. The standard InChI is InChI=1S/C14H14BrF2NS/c1-2-7-18-14(11-4-3-8-19-11)9-5-6-10(16)13(17)12(9)15/h3-6,8,14,18H,2,7H2,1H3. The molecule has 0 aliphatic heterocycles. The van der Waals surface area contributed by atoms with Crippen molar-refractivity contribution in [2.45, 2.75) is 19.4 Å². The Bertz CT molecular complexity index is 543. The van der Waals surface area contributed by atoms with Crippen molar-refractivity contribution in [2.75, 3.05) is 6.54 Å². The van der Waals surface area contributed by atoms with Gasteiger partial charge >= 0.3 is 0 Å². The normalized spacial score (nSPS) is 12.6. The number of hydrogen-bond acceptors (Lipinski definition) is 2. The van der Waals surface area contributed by atoms with Crippen molar-refractivity contribution in [3.63, 3.8) is 0 Å². The van der Waals surface area contributed by atoms with Crippen molar-refractivity contribution < 1.29 is 8.78 Å². The van der Waals surface area contributed by atoms with E-state index in [0.29, 0.717) is 0 Å². The number of nitrogens with one attached hydrogen (secondary N) is 1. The average Bonchev–Trinajstić information content (AvgIpc) is 2.92. The second kappa shape index (κ2) is 6.59. The highest BCUT2D eigenvalue weighted by molar-refractivity contribution is 9.10. The fourth-order valence-corrected chi connectivity index (χ4v) is 3.24. The van der Waals surface area contributed by atoms with Gasteiger partial charge in [0.05, 0.1) is 10.5 Å². The maximum Gasteiger partial charge on any atom is 0.173 e. The first-order chi connectivity index (χ1) is 9.15. The number of halogens is 3. The van der Waals surface area contributed by atoms with Gasteiger partial charge in [0, 0.05) is 4.88 Å². The quantitative estimate of drug-likeness (QED) is 0.761. The van der Waals surface area contributed by atoms with Gasteiger partial charge in [-0.15, -0.1) is 11.3 Å². The van der Waals surface area contributed by atoms with Crippen LogP contribution in [0.25, 0.3) is 0 Å². The van der Waals surface area contributed by atoms with Crippen molar-refractivity contribution in [3.05, 3.63) is 56.2 Å². The Morgan fingerprint density at radius 3 is 2.74 bits per heavy atom. The van der Waals surface area contributed by atoms with Crippen molar-refractivity contribution in [3.8, 4) is 0 Å². The van der Waals surface area contributed by atoms with Gasteiger partial charge in [0.2, 0.25) is 0 Å². The SMILES string of the molecule is CCCNC(c1cccs1)c1ccc(F)c(F)c1Br. The molecule has 1 aromatic heterocycles. The Morgan fingerprint density at radius 2 is 2.11 bits per heavy atom. The molecule has 0 fully saturated rings. The van der Waals surface area contributed by atoms with Gasteiger partial charge in [-0.25, -0.2) is 8.78 Å². The summed E-state index contributed by atoms with van der Waals surface area (Å²) in [6, 6.07) is 6.61. The molecule has 0 saturated carbocycles. The van der Waals surface area contributed by atoms with Crippen molar-refractivity contribution >= 4 is 27.3 Å². The fourth-order valence-electron chi connectivity index (χ4n) is 1.87. The van der Waals surface area contributed by atoms with Crippen LogP contribution < -0.4 is 5.32 Å². The van der Waals surface area contributed by atoms with Crippen LogP contribution in [0.15, 0.2) is 34.1 Å². The fraction of sp³-hybridized carbons (Fsp3) is 0.286. The van der Waals surface area contributed by atoms with E-state index >= 15 is 0 Å². The summed E-state index contributed by atoms with van der Waals surface area (Å²) in [6.45, 7) is 2.88. The summed E-state index contributed by atoms with van der Waals surface area (Å²) in [5.41, 5.74) is 0.717. The highest BCUT2D eigenvalue weighted by Gasteiger charge is 2.20. The second-order valence-electron chi connectivity index (χ2n) is 4.17. The molecule has 0 saturated heterocycles. The van der Waals surface area contributed by atoms with Gasteiger partial charge in [-0.3, -0.25) is 0 Å². The topological polar surface area (TPSA) is 12.0 Å². The third-order valence-corrected chi connectivity index (χ3v) is 4.55. The van der Waals surface area contributed by atoms with Crippen LogP contribution in [-0.2, 0) is 0 Å². The maximum absolute atomic E-state index is 13.7. The Kier molecular flexibility index (Phi) is 5.07. The van der Waals surface area contributed by atoms with Gasteiger partial charge < -0.3 is 5.32 Å². The highest BCUT2D eigenvalue weighted by atomic mass is 79.9. The van der Waals surface area contributed by atoms with Crippen LogP contribution in [-0.4, -0.2) is 6.54 Å². The molecule has 1 heterocycles. The number of hydrogen-bond donors (Lipinski definition) is 1. The second-order valence-corrected chi connectivity index (χ2v) is 5.94. The van der Waals surface area contributed by atoms with Crippen LogP contribution in [0.1, 0.15) is 29.8 Å². The zero-order chi connectivity index (χ0) is 13.8. The van der Waals surface area contributed by atoms with Crippen LogP contribution in [0.5, 0.6) is 0 Å². The predicted molar refractivity (Wildman–Crippen MR) is 78.5 cm³/mol. The average molecular weight is 346 g/mol. The highest BCUT2D eigenvalue weighted by Crippen LogP contribution is 2.33. The Hall–Kier alpha value is -0.780. The zero-order valence-corrected chi connectivity index (χ0v) is 12.8. The summed E-state index contributed by atoms with van der Waals surface area (Å²) in [5, 5.41) is 5.34.